The Hall–Kier alpha value is -0.770. The predicted octanol–water partition coefficient (Wildman–Crippen LogP) is 3.23. The van der Waals surface area contributed by atoms with E-state index in [1.807, 2.05) is 0 Å². The van der Waals surface area contributed by atoms with Gasteiger partial charge in [0.05, 0.1) is 0 Å². The van der Waals surface area contributed by atoms with Crippen LogP contribution in [-0.2, 0) is 0 Å². The normalized spacial score (nSPS) is 26.2. The summed E-state index contributed by atoms with van der Waals surface area (Å²) in [6.45, 7) is 10.7. The van der Waals surface area contributed by atoms with Crippen molar-refractivity contribution < 1.29 is 9.90 Å². The molecule has 1 rings (SSSR count). The molecule has 1 amide bonds. The highest BCUT2D eigenvalue weighted by molar-refractivity contribution is 5.65. The fourth-order valence-electron chi connectivity index (χ4n) is 3.27. The number of nitrogens with one attached hydrogen (secondary N) is 2. The van der Waals surface area contributed by atoms with Crippen LogP contribution in [0.3, 0.4) is 0 Å². The van der Waals surface area contributed by atoms with Crippen LogP contribution in [0.1, 0.15) is 60.3 Å². The average molecular weight is 270 g/mol. The van der Waals surface area contributed by atoms with Crippen LogP contribution in [0.15, 0.2) is 0 Å². The average Bonchev–Trinajstić information content (AvgIpc) is 2.25. The molecule has 0 heterocycles. The number of hydrogen-bond acceptors (Lipinski definition) is 2. The van der Waals surface area contributed by atoms with Gasteiger partial charge < -0.3 is 15.7 Å². The molecule has 0 aromatic rings. The summed E-state index contributed by atoms with van der Waals surface area (Å²) in [4.78, 5) is 11.0. The second-order valence-corrected chi connectivity index (χ2v) is 7.23. The Morgan fingerprint density at radius 1 is 1.16 bits per heavy atom. The number of hydrogen-bond donors (Lipinski definition) is 3. The Morgan fingerprint density at radius 2 is 1.68 bits per heavy atom. The van der Waals surface area contributed by atoms with E-state index in [0.29, 0.717) is 18.0 Å². The molecule has 0 saturated heterocycles. The summed E-state index contributed by atoms with van der Waals surface area (Å²) in [5.74, 6) is 0.460. The molecule has 4 nitrogen and oxygen atoms in total. The van der Waals surface area contributed by atoms with Crippen molar-refractivity contribution in [2.75, 3.05) is 0 Å². The first-order chi connectivity index (χ1) is 8.70. The van der Waals surface area contributed by atoms with Crippen molar-refractivity contribution in [3.8, 4) is 0 Å². The van der Waals surface area contributed by atoms with Crippen LogP contribution >= 0.6 is 0 Å². The third-order valence-electron chi connectivity index (χ3n) is 4.02. The molecule has 0 bridgehead atoms. The van der Waals surface area contributed by atoms with Crippen LogP contribution in [0.25, 0.3) is 0 Å². The molecule has 0 spiro atoms. The molecule has 0 aromatic heterocycles. The molecule has 1 saturated carbocycles. The van der Waals surface area contributed by atoms with Gasteiger partial charge in [0.2, 0.25) is 0 Å². The van der Waals surface area contributed by atoms with E-state index in [0.717, 1.165) is 25.7 Å². The zero-order valence-corrected chi connectivity index (χ0v) is 13.0. The van der Waals surface area contributed by atoms with Crippen LogP contribution in [0.4, 0.5) is 4.79 Å². The Bertz CT molecular complexity index is 289. The minimum Gasteiger partial charge on any atom is -0.465 e. The molecule has 1 aliphatic carbocycles. The summed E-state index contributed by atoms with van der Waals surface area (Å²) in [6, 6.07) is 1.17. The molecule has 0 aliphatic heterocycles. The van der Waals surface area contributed by atoms with Gasteiger partial charge in [-0.3, -0.25) is 0 Å². The van der Waals surface area contributed by atoms with E-state index in [1.54, 1.807) is 0 Å². The summed E-state index contributed by atoms with van der Waals surface area (Å²) in [6.07, 6.45) is 3.61. The van der Waals surface area contributed by atoms with Crippen molar-refractivity contribution in [1.29, 1.82) is 0 Å². The molecule has 1 atom stereocenters. The first kappa shape index (κ1) is 16.3. The maximum Gasteiger partial charge on any atom is 0.404 e. The van der Waals surface area contributed by atoms with Crippen LogP contribution in [0, 0.1) is 11.3 Å². The summed E-state index contributed by atoms with van der Waals surface area (Å²) < 4.78 is 0. The lowest BCUT2D eigenvalue weighted by atomic mass is 9.72. The Labute approximate surface area is 117 Å². The van der Waals surface area contributed by atoms with Gasteiger partial charge in [0.15, 0.2) is 0 Å². The third-order valence-corrected chi connectivity index (χ3v) is 4.02. The molecule has 0 radical (unpaired) electrons. The molecule has 112 valence electrons. The summed E-state index contributed by atoms with van der Waals surface area (Å²) >= 11 is 0. The van der Waals surface area contributed by atoms with Gasteiger partial charge in [-0.05, 0) is 37.0 Å². The number of amides is 1. The minimum atomic E-state index is -0.901. The fraction of sp³-hybridized carbons (Fsp3) is 0.933. The Morgan fingerprint density at radius 3 is 2.05 bits per heavy atom. The van der Waals surface area contributed by atoms with Crippen molar-refractivity contribution in [2.24, 2.45) is 11.3 Å². The lowest BCUT2D eigenvalue weighted by molar-refractivity contribution is 0.128. The fourth-order valence-corrected chi connectivity index (χ4v) is 3.27. The zero-order valence-electron chi connectivity index (χ0n) is 13.0. The van der Waals surface area contributed by atoms with Gasteiger partial charge in [0.1, 0.15) is 0 Å². The molecule has 0 aromatic carbocycles. The van der Waals surface area contributed by atoms with E-state index in [4.69, 9.17) is 5.11 Å². The highest BCUT2D eigenvalue weighted by Crippen LogP contribution is 2.35. The standard InChI is InChI=1S/C15H30N2O2/c1-10(2)16-12-8-6-11(7-9-12)13(15(3,4)5)17-14(18)19/h10-13,16-17H,6-9H2,1-5H3,(H,18,19). The zero-order chi connectivity index (χ0) is 14.6. The number of rotatable bonds is 4. The van der Waals surface area contributed by atoms with Crippen molar-refractivity contribution >= 4 is 6.09 Å². The van der Waals surface area contributed by atoms with E-state index in [1.165, 1.54) is 0 Å². The van der Waals surface area contributed by atoms with Crippen molar-refractivity contribution in [3.63, 3.8) is 0 Å². The SMILES string of the molecule is CC(C)NC1CCC(C(NC(=O)O)C(C)(C)C)CC1. The quantitative estimate of drug-likeness (QED) is 0.735. The molecule has 3 N–H and O–H groups in total. The van der Waals surface area contributed by atoms with E-state index >= 15 is 0 Å². The van der Waals surface area contributed by atoms with Gasteiger partial charge in [0, 0.05) is 18.1 Å². The Balaban J connectivity index is 2.57. The van der Waals surface area contributed by atoms with E-state index < -0.39 is 6.09 Å². The summed E-state index contributed by atoms with van der Waals surface area (Å²) in [5, 5.41) is 15.4. The number of carboxylic acid groups (broad SMARTS) is 1. The molecule has 1 unspecified atom stereocenters. The van der Waals surface area contributed by atoms with Crippen LogP contribution in [0.2, 0.25) is 0 Å². The molecule has 4 heteroatoms. The third kappa shape index (κ3) is 5.39. The maximum atomic E-state index is 11.0. The van der Waals surface area contributed by atoms with Gasteiger partial charge in [-0.15, -0.1) is 0 Å². The lowest BCUT2D eigenvalue weighted by Gasteiger charge is -2.41. The van der Waals surface area contributed by atoms with E-state index in [9.17, 15) is 4.79 Å². The minimum absolute atomic E-state index is 0.0264. The molecule has 19 heavy (non-hydrogen) atoms. The summed E-state index contributed by atoms with van der Waals surface area (Å²) in [7, 11) is 0. The van der Waals surface area contributed by atoms with Gasteiger partial charge >= 0.3 is 6.09 Å². The second-order valence-electron chi connectivity index (χ2n) is 7.23. The van der Waals surface area contributed by atoms with Crippen LogP contribution in [0.5, 0.6) is 0 Å². The molecule has 1 fully saturated rings. The monoisotopic (exact) mass is 270 g/mol. The highest BCUT2D eigenvalue weighted by Gasteiger charge is 2.35. The lowest BCUT2D eigenvalue weighted by Crippen LogP contribution is -2.50. The molecular formula is C15H30N2O2. The van der Waals surface area contributed by atoms with Crippen LogP contribution < -0.4 is 10.6 Å². The van der Waals surface area contributed by atoms with E-state index in [-0.39, 0.29) is 11.5 Å². The van der Waals surface area contributed by atoms with Crippen molar-refractivity contribution in [1.82, 2.24) is 10.6 Å². The van der Waals surface area contributed by atoms with Gasteiger partial charge in [-0.2, -0.15) is 0 Å². The second kappa shape index (κ2) is 6.60. The maximum absolute atomic E-state index is 11.0. The molecule has 1 aliphatic rings. The van der Waals surface area contributed by atoms with Crippen molar-refractivity contribution in [2.45, 2.75) is 78.4 Å². The first-order valence-electron chi connectivity index (χ1n) is 7.45. The Kier molecular flexibility index (Phi) is 5.65. The smallest absolute Gasteiger partial charge is 0.404 e. The first-order valence-corrected chi connectivity index (χ1v) is 7.45. The largest absolute Gasteiger partial charge is 0.465 e. The van der Waals surface area contributed by atoms with Gasteiger partial charge in [-0.1, -0.05) is 34.6 Å². The van der Waals surface area contributed by atoms with Crippen LogP contribution in [-0.4, -0.2) is 29.3 Å². The topological polar surface area (TPSA) is 61.4 Å². The number of carbonyl (C=O) groups is 1. The van der Waals surface area contributed by atoms with Crippen molar-refractivity contribution in [3.05, 3.63) is 0 Å². The van der Waals surface area contributed by atoms with Gasteiger partial charge in [0.25, 0.3) is 0 Å². The predicted molar refractivity (Wildman–Crippen MR) is 78.4 cm³/mol. The molecular weight excluding hydrogens is 240 g/mol. The summed E-state index contributed by atoms with van der Waals surface area (Å²) in [5.41, 5.74) is -0.0264. The highest BCUT2D eigenvalue weighted by atomic mass is 16.4. The van der Waals surface area contributed by atoms with Gasteiger partial charge in [-0.25, -0.2) is 4.79 Å². The van der Waals surface area contributed by atoms with E-state index in [2.05, 4.69) is 45.3 Å².